The maximum Gasteiger partial charge on any atom is 0.0541 e. The zero-order valence-corrected chi connectivity index (χ0v) is 24.4. The molecule has 0 spiro atoms. The first-order valence-corrected chi connectivity index (χ1v) is 19.6. The van der Waals surface area contributed by atoms with Crippen LogP contribution in [0.15, 0.2) is 0 Å². The molecule has 0 aliphatic heterocycles. The fourth-order valence-corrected chi connectivity index (χ4v) is 17.9. The second-order valence-corrected chi connectivity index (χ2v) is 20.8. The highest BCUT2D eigenvalue weighted by Crippen LogP contribution is 2.66. The lowest BCUT2D eigenvalue weighted by Gasteiger charge is -2.50. The molecule has 0 heterocycles. The van der Waals surface area contributed by atoms with Crippen molar-refractivity contribution in [1.29, 1.82) is 0 Å². The Morgan fingerprint density at radius 1 is 0.618 bits per heavy atom. The predicted octanol–water partition coefficient (Wildman–Crippen LogP) is 10.4. The van der Waals surface area contributed by atoms with Crippen LogP contribution in [0, 0.1) is 59.2 Å². The van der Waals surface area contributed by atoms with Gasteiger partial charge in [-0.05, 0) is 109 Å². The summed E-state index contributed by atoms with van der Waals surface area (Å²) >= 11 is 0. The summed E-state index contributed by atoms with van der Waals surface area (Å²) in [5, 5.41) is 0. The summed E-state index contributed by atoms with van der Waals surface area (Å²) in [6.45, 7) is 11.2. The second kappa shape index (κ2) is 9.83. The molecular formula is C33H58Si. The average Bonchev–Trinajstić information content (AvgIpc) is 3.57. The summed E-state index contributed by atoms with van der Waals surface area (Å²) in [5.41, 5.74) is 2.34. The van der Waals surface area contributed by atoms with Crippen LogP contribution in [0.1, 0.15) is 123 Å². The summed E-state index contributed by atoms with van der Waals surface area (Å²) < 4.78 is 0. The molecule has 11 unspecified atom stereocenters. The molecule has 0 nitrogen and oxygen atoms in total. The van der Waals surface area contributed by atoms with Gasteiger partial charge in [-0.25, -0.2) is 0 Å². The Balaban J connectivity index is 1.21. The maximum atomic E-state index is 2.93. The number of rotatable bonds is 5. The van der Waals surface area contributed by atoms with E-state index in [0.29, 0.717) is 0 Å². The number of hydrogen-bond donors (Lipinski definition) is 0. The van der Waals surface area contributed by atoms with Crippen molar-refractivity contribution in [3.8, 4) is 0 Å². The monoisotopic (exact) mass is 482 g/mol. The van der Waals surface area contributed by atoms with Gasteiger partial charge in [0.25, 0.3) is 0 Å². The van der Waals surface area contributed by atoms with Crippen LogP contribution in [0.25, 0.3) is 0 Å². The minimum Gasteiger partial charge on any atom is -0.0689 e. The van der Waals surface area contributed by atoms with Crippen molar-refractivity contribution in [3.63, 3.8) is 0 Å². The highest BCUT2D eigenvalue weighted by Gasteiger charge is 2.58. The van der Waals surface area contributed by atoms with E-state index in [0.717, 1.165) is 64.7 Å². The van der Waals surface area contributed by atoms with Crippen LogP contribution < -0.4 is 0 Å². The molecule has 1 heteroatoms. The van der Waals surface area contributed by atoms with E-state index in [9.17, 15) is 0 Å². The molecular weight excluding hydrogens is 424 g/mol. The lowest BCUT2D eigenvalue weighted by atomic mass is 9.60. The smallest absolute Gasteiger partial charge is 0.0541 e. The lowest BCUT2D eigenvalue weighted by molar-refractivity contribution is 0.0447. The first-order valence-electron chi connectivity index (χ1n) is 16.4. The third-order valence-corrected chi connectivity index (χ3v) is 19.2. The Bertz CT molecular complexity index is 691. The highest BCUT2D eigenvalue weighted by atomic mass is 28.3. The topological polar surface area (TPSA) is 0 Å². The summed E-state index contributed by atoms with van der Waals surface area (Å²) in [7, 11) is -1.24. The van der Waals surface area contributed by atoms with E-state index in [4.69, 9.17) is 0 Å². The molecule has 0 radical (unpaired) electrons. The molecule has 0 N–H and O–H groups in total. The molecule has 34 heavy (non-hydrogen) atoms. The molecule has 194 valence electrons. The van der Waals surface area contributed by atoms with Crippen molar-refractivity contribution in [2.24, 2.45) is 59.2 Å². The van der Waals surface area contributed by atoms with Crippen molar-refractivity contribution in [1.82, 2.24) is 0 Å². The van der Waals surface area contributed by atoms with Gasteiger partial charge in [0, 0.05) is 0 Å². The van der Waals surface area contributed by atoms with Gasteiger partial charge in [0.05, 0.1) is 8.07 Å². The van der Waals surface area contributed by atoms with E-state index < -0.39 is 8.07 Å². The van der Waals surface area contributed by atoms with Crippen LogP contribution in [-0.4, -0.2) is 8.07 Å². The van der Waals surface area contributed by atoms with Crippen LogP contribution in [0.5, 0.6) is 0 Å². The zero-order chi connectivity index (χ0) is 23.4. The Labute approximate surface area is 214 Å². The van der Waals surface area contributed by atoms with E-state index in [-0.39, 0.29) is 0 Å². The van der Waals surface area contributed by atoms with E-state index in [2.05, 4.69) is 26.9 Å². The summed E-state index contributed by atoms with van der Waals surface area (Å²) in [5.74, 6) is 11.0. The Kier molecular flexibility index (Phi) is 7.10. The Hall–Kier alpha value is 0.217. The maximum absolute atomic E-state index is 2.93. The second-order valence-electron chi connectivity index (χ2n) is 15.6. The van der Waals surface area contributed by atoms with Gasteiger partial charge in [-0.1, -0.05) is 97.6 Å². The average molecular weight is 483 g/mol. The van der Waals surface area contributed by atoms with Gasteiger partial charge in [0.2, 0.25) is 0 Å². The van der Waals surface area contributed by atoms with Gasteiger partial charge in [0.15, 0.2) is 0 Å². The first kappa shape index (κ1) is 24.5. The van der Waals surface area contributed by atoms with E-state index in [1.165, 1.54) is 31.2 Å². The highest BCUT2D eigenvalue weighted by molar-refractivity contribution is 6.80. The van der Waals surface area contributed by atoms with E-state index >= 15 is 0 Å². The van der Waals surface area contributed by atoms with Crippen LogP contribution in [-0.2, 0) is 0 Å². The van der Waals surface area contributed by atoms with Gasteiger partial charge in [0.1, 0.15) is 0 Å². The lowest BCUT2D eigenvalue weighted by Crippen LogP contribution is -2.46. The van der Waals surface area contributed by atoms with Crippen molar-refractivity contribution < 1.29 is 0 Å². The molecule has 0 aromatic rings. The molecule has 6 fully saturated rings. The molecule has 11 atom stereocenters. The quantitative estimate of drug-likeness (QED) is 0.342. The van der Waals surface area contributed by atoms with E-state index in [1.54, 1.807) is 83.5 Å². The molecule has 0 amide bonds. The summed E-state index contributed by atoms with van der Waals surface area (Å²) in [6, 6.07) is 0. The van der Waals surface area contributed by atoms with Crippen molar-refractivity contribution in [3.05, 3.63) is 0 Å². The van der Waals surface area contributed by atoms with Gasteiger partial charge in [-0.15, -0.1) is 0 Å². The molecule has 6 saturated carbocycles. The number of fused-ring (bicyclic) bond motifs is 3. The Morgan fingerprint density at radius 3 is 2.12 bits per heavy atom. The molecule has 0 aromatic carbocycles. The fraction of sp³-hybridized carbons (Fsp3) is 1.00. The third kappa shape index (κ3) is 4.22. The standard InChI is InChI=1S/C33H58Si/c1-22(24-11-6-5-7-12-24)19-30-27-16-10-13-25(27)21-31-28(30)17-18-32(31)34(3,4)33-20-23(2)26-14-8-9-15-29(26)33/h22-33H,5-21H2,1-4H3. The molecule has 6 rings (SSSR count). The van der Waals surface area contributed by atoms with Crippen LogP contribution in [0.4, 0.5) is 0 Å². The summed E-state index contributed by atoms with van der Waals surface area (Å²) in [4.78, 5) is 0. The molecule has 6 aliphatic rings. The number of hydrogen-bond acceptors (Lipinski definition) is 0. The van der Waals surface area contributed by atoms with E-state index in [1.807, 2.05) is 0 Å². The van der Waals surface area contributed by atoms with Gasteiger partial charge >= 0.3 is 0 Å². The van der Waals surface area contributed by atoms with Crippen molar-refractivity contribution in [2.45, 2.75) is 147 Å². The largest absolute Gasteiger partial charge is 0.0689 e. The fourth-order valence-electron chi connectivity index (χ4n) is 12.4. The van der Waals surface area contributed by atoms with Gasteiger partial charge < -0.3 is 0 Å². The van der Waals surface area contributed by atoms with Crippen molar-refractivity contribution in [2.75, 3.05) is 0 Å². The predicted molar refractivity (Wildman–Crippen MR) is 150 cm³/mol. The van der Waals surface area contributed by atoms with Crippen LogP contribution in [0.3, 0.4) is 0 Å². The molecule has 0 saturated heterocycles. The molecule has 0 aromatic heterocycles. The van der Waals surface area contributed by atoms with Crippen LogP contribution >= 0.6 is 0 Å². The van der Waals surface area contributed by atoms with Gasteiger partial charge in [-0.2, -0.15) is 0 Å². The van der Waals surface area contributed by atoms with Gasteiger partial charge in [-0.3, -0.25) is 0 Å². The first-order chi connectivity index (χ1) is 16.4. The normalized spacial score (nSPS) is 48.4. The van der Waals surface area contributed by atoms with Crippen molar-refractivity contribution >= 4 is 8.07 Å². The van der Waals surface area contributed by atoms with Crippen LogP contribution in [0.2, 0.25) is 24.2 Å². The minimum atomic E-state index is -1.24. The zero-order valence-electron chi connectivity index (χ0n) is 23.4. The molecule has 0 bridgehead atoms. The third-order valence-electron chi connectivity index (χ3n) is 14.0. The Morgan fingerprint density at radius 2 is 1.32 bits per heavy atom. The molecule has 6 aliphatic carbocycles. The summed E-state index contributed by atoms with van der Waals surface area (Å²) in [6.07, 6.45) is 26.9. The minimum absolute atomic E-state index is 1.01. The SMILES string of the molecule is CC(CC1C2CCCC2CC2C1CCC2[Si](C)(C)C1CC(C)C2CCCCC21)C1CCCCC1.